The van der Waals surface area contributed by atoms with Gasteiger partial charge in [-0.25, -0.2) is 4.98 Å². The summed E-state index contributed by atoms with van der Waals surface area (Å²) in [5.41, 5.74) is 0. The van der Waals surface area contributed by atoms with E-state index in [0.29, 0.717) is 10.8 Å². The lowest BCUT2D eigenvalue weighted by Gasteiger charge is -2.15. The number of hydrogen-bond donors (Lipinski definition) is 0. The van der Waals surface area contributed by atoms with Gasteiger partial charge in [-0.3, -0.25) is 9.69 Å². The van der Waals surface area contributed by atoms with E-state index in [1.807, 2.05) is 22.6 Å². The molecule has 1 aromatic rings. The van der Waals surface area contributed by atoms with Crippen LogP contribution in [0.1, 0.15) is 6.42 Å². The second-order valence-corrected chi connectivity index (χ2v) is 7.22. The Balaban J connectivity index is 2.18. The van der Waals surface area contributed by atoms with E-state index in [1.165, 1.54) is 17.2 Å². The SMILES string of the molecule is O=C1CC(CS(=O)(=O)F)CN1c1cc(Cl)c(I)cn1. The van der Waals surface area contributed by atoms with Crippen LogP contribution in [0.25, 0.3) is 0 Å². The lowest BCUT2D eigenvalue weighted by molar-refractivity contribution is -0.117. The molecule has 0 saturated carbocycles. The minimum Gasteiger partial charge on any atom is -0.296 e. The van der Waals surface area contributed by atoms with Crippen molar-refractivity contribution in [3.63, 3.8) is 0 Å². The van der Waals surface area contributed by atoms with Gasteiger partial charge >= 0.3 is 10.2 Å². The van der Waals surface area contributed by atoms with E-state index in [0.717, 1.165) is 3.57 Å². The number of nitrogens with zero attached hydrogens (tertiary/aromatic N) is 2. The Morgan fingerprint density at radius 1 is 1.58 bits per heavy atom. The zero-order chi connectivity index (χ0) is 14.2. The number of carbonyl (C=O) groups is 1. The van der Waals surface area contributed by atoms with Gasteiger partial charge in [-0.2, -0.15) is 8.42 Å². The zero-order valence-electron chi connectivity index (χ0n) is 9.51. The molecule has 1 unspecified atom stereocenters. The molecule has 0 aromatic carbocycles. The first-order chi connectivity index (χ1) is 8.76. The number of rotatable bonds is 3. The molecular weight excluding hydrogens is 410 g/mol. The van der Waals surface area contributed by atoms with Crippen LogP contribution in [0, 0.1) is 9.49 Å². The van der Waals surface area contributed by atoms with Crippen molar-refractivity contribution in [3.8, 4) is 0 Å². The van der Waals surface area contributed by atoms with Crippen molar-refractivity contribution < 1.29 is 17.1 Å². The molecule has 2 heterocycles. The fourth-order valence-corrected chi connectivity index (χ4v) is 3.18. The standard InChI is InChI=1S/C10H9ClFIN2O3S/c11-7-2-9(14-3-8(7)13)15-4-6(1-10(15)16)5-19(12,17)18/h2-3,6H,1,4-5H2. The highest BCUT2D eigenvalue weighted by molar-refractivity contribution is 14.1. The lowest BCUT2D eigenvalue weighted by Crippen LogP contribution is -2.26. The molecule has 1 atom stereocenters. The summed E-state index contributed by atoms with van der Waals surface area (Å²) < 4.78 is 34.6. The van der Waals surface area contributed by atoms with E-state index in [4.69, 9.17) is 11.6 Å². The van der Waals surface area contributed by atoms with Crippen molar-refractivity contribution in [3.05, 3.63) is 20.9 Å². The Morgan fingerprint density at radius 3 is 2.84 bits per heavy atom. The minimum absolute atomic E-state index is 0.00552. The lowest BCUT2D eigenvalue weighted by atomic mass is 10.1. The molecule has 19 heavy (non-hydrogen) atoms. The van der Waals surface area contributed by atoms with E-state index in [-0.39, 0.29) is 18.9 Å². The molecule has 5 nitrogen and oxygen atoms in total. The summed E-state index contributed by atoms with van der Waals surface area (Å²) in [7, 11) is -4.58. The topological polar surface area (TPSA) is 67.3 Å². The number of halogens is 3. The first kappa shape index (κ1) is 14.9. The predicted octanol–water partition coefficient (Wildman–Crippen LogP) is 1.99. The summed E-state index contributed by atoms with van der Waals surface area (Å²) in [5, 5.41) is 0.458. The van der Waals surface area contributed by atoms with Gasteiger partial charge in [0, 0.05) is 31.1 Å². The number of hydrogen-bond acceptors (Lipinski definition) is 4. The molecule has 1 saturated heterocycles. The third-order valence-corrected chi connectivity index (χ3v) is 5.07. The first-order valence-corrected chi connectivity index (χ1v) is 8.31. The van der Waals surface area contributed by atoms with Gasteiger partial charge in [0.15, 0.2) is 0 Å². The fourth-order valence-electron chi connectivity index (χ4n) is 1.95. The van der Waals surface area contributed by atoms with Crippen molar-refractivity contribution in [2.75, 3.05) is 17.2 Å². The van der Waals surface area contributed by atoms with Crippen molar-refractivity contribution in [2.45, 2.75) is 6.42 Å². The highest BCUT2D eigenvalue weighted by Gasteiger charge is 2.34. The second-order valence-electron chi connectivity index (χ2n) is 4.24. The molecule has 1 amide bonds. The maximum atomic E-state index is 12.6. The summed E-state index contributed by atoms with van der Waals surface area (Å²) in [5.74, 6) is -1.12. The zero-order valence-corrected chi connectivity index (χ0v) is 13.2. The summed E-state index contributed by atoms with van der Waals surface area (Å²) in [4.78, 5) is 17.2. The summed E-state index contributed by atoms with van der Waals surface area (Å²) in [6, 6.07) is 1.54. The Bertz CT molecular complexity index is 625. The third kappa shape index (κ3) is 3.76. The van der Waals surface area contributed by atoms with Crippen LogP contribution in [-0.4, -0.2) is 31.6 Å². The summed E-state index contributed by atoms with van der Waals surface area (Å²) >= 11 is 7.95. The van der Waals surface area contributed by atoms with Crippen LogP contribution in [0.5, 0.6) is 0 Å². The van der Waals surface area contributed by atoms with Gasteiger partial charge in [0.25, 0.3) is 0 Å². The van der Waals surface area contributed by atoms with Crippen LogP contribution in [0.2, 0.25) is 5.02 Å². The van der Waals surface area contributed by atoms with Crippen LogP contribution in [0.15, 0.2) is 12.3 Å². The average molecular weight is 419 g/mol. The van der Waals surface area contributed by atoms with E-state index in [1.54, 1.807) is 0 Å². The highest BCUT2D eigenvalue weighted by Crippen LogP contribution is 2.28. The van der Waals surface area contributed by atoms with Crippen molar-refractivity contribution in [2.24, 2.45) is 5.92 Å². The fraction of sp³-hybridized carbons (Fsp3) is 0.400. The Labute approximate surface area is 128 Å². The largest absolute Gasteiger partial charge is 0.302 e. The van der Waals surface area contributed by atoms with Gasteiger partial charge in [-0.15, -0.1) is 3.89 Å². The van der Waals surface area contributed by atoms with Gasteiger partial charge in [-0.05, 0) is 22.6 Å². The maximum Gasteiger partial charge on any atom is 0.302 e. The molecular formula is C10H9ClFIN2O3S. The van der Waals surface area contributed by atoms with Gasteiger partial charge < -0.3 is 0 Å². The molecule has 0 bridgehead atoms. The van der Waals surface area contributed by atoms with Crippen LogP contribution in [0.3, 0.4) is 0 Å². The molecule has 104 valence electrons. The van der Waals surface area contributed by atoms with Crippen LogP contribution < -0.4 is 4.90 Å². The second kappa shape index (κ2) is 5.49. The summed E-state index contributed by atoms with van der Waals surface area (Å²) in [6.45, 7) is 0.131. The maximum absolute atomic E-state index is 12.6. The minimum atomic E-state index is -4.58. The summed E-state index contributed by atoms with van der Waals surface area (Å²) in [6.07, 6.45) is 1.51. The monoisotopic (exact) mass is 418 g/mol. The van der Waals surface area contributed by atoms with Gasteiger partial charge in [0.1, 0.15) is 5.82 Å². The Kier molecular flexibility index (Phi) is 4.31. The molecule has 9 heteroatoms. The quantitative estimate of drug-likeness (QED) is 0.556. The van der Waals surface area contributed by atoms with Crippen LogP contribution >= 0.6 is 34.2 Å². The smallest absolute Gasteiger partial charge is 0.296 e. The molecule has 0 spiro atoms. The van der Waals surface area contributed by atoms with Gasteiger partial charge in [0.2, 0.25) is 5.91 Å². The van der Waals surface area contributed by atoms with E-state index >= 15 is 0 Å². The first-order valence-electron chi connectivity index (χ1n) is 5.30. The van der Waals surface area contributed by atoms with E-state index < -0.39 is 21.9 Å². The molecule has 2 rings (SSSR count). The van der Waals surface area contributed by atoms with Crippen molar-refractivity contribution in [1.82, 2.24) is 4.98 Å². The molecule has 0 aliphatic carbocycles. The number of amides is 1. The van der Waals surface area contributed by atoms with E-state index in [2.05, 4.69) is 4.98 Å². The van der Waals surface area contributed by atoms with Gasteiger partial charge in [-0.1, -0.05) is 11.6 Å². The highest BCUT2D eigenvalue weighted by atomic mass is 127. The van der Waals surface area contributed by atoms with E-state index in [9.17, 15) is 17.1 Å². The molecule has 1 aliphatic rings. The number of anilines is 1. The van der Waals surface area contributed by atoms with Crippen LogP contribution in [-0.2, 0) is 15.0 Å². The van der Waals surface area contributed by atoms with Gasteiger partial charge in [0.05, 0.1) is 14.3 Å². The third-order valence-electron chi connectivity index (χ3n) is 2.71. The Morgan fingerprint density at radius 2 is 2.26 bits per heavy atom. The predicted molar refractivity (Wildman–Crippen MR) is 77.3 cm³/mol. The molecule has 1 aliphatic heterocycles. The molecule has 0 N–H and O–H groups in total. The Hall–Kier alpha value is -0.480. The molecule has 1 fully saturated rings. The number of aromatic nitrogens is 1. The number of pyridine rings is 1. The van der Waals surface area contributed by atoms with Crippen molar-refractivity contribution in [1.29, 1.82) is 0 Å². The number of carbonyl (C=O) groups excluding carboxylic acids is 1. The average Bonchev–Trinajstić information content (AvgIpc) is 2.61. The molecule has 0 radical (unpaired) electrons. The molecule has 1 aromatic heterocycles. The van der Waals surface area contributed by atoms with Crippen LogP contribution in [0.4, 0.5) is 9.70 Å². The van der Waals surface area contributed by atoms with Crippen molar-refractivity contribution >= 4 is 56.1 Å². The normalized spacial score (nSPS) is 20.1.